The van der Waals surface area contributed by atoms with Crippen molar-refractivity contribution in [1.82, 2.24) is 15.1 Å². The van der Waals surface area contributed by atoms with Crippen molar-refractivity contribution in [2.75, 3.05) is 13.6 Å². The van der Waals surface area contributed by atoms with E-state index >= 15 is 0 Å². The number of nitrogens with zero attached hydrogens (tertiary/aromatic N) is 2. The largest absolute Gasteiger partial charge is 0.319 e. The van der Waals surface area contributed by atoms with Crippen molar-refractivity contribution in [3.63, 3.8) is 0 Å². The van der Waals surface area contributed by atoms with Crippen LogP contribution >= 0.6 is 15.9 Å². The van der Waals surface area contributed by atoms with Gasteiger partial charge in [0.1, 0.15) is 4.60 Å². The van der Waals surface area contributed by atoms with Crippen LogP contribution in [0.15, 0.2) is 35.1 Å². The monoisotopic (exact) mass is 293 g/mol. The van der Waals surface area contributed by atoms with Crippen molar-refractivity contribution < 1.29 is 0 Å². The van der Waals surface area contributed by atoms with Crippen LogP contribution in [0.3, 0.4) is 0 Å². The molecular formula is C13H16BrN3. The van der Waals surface area contributed by atoms with Crippen LogP contribution in [-0.2, 0) is 6.42 Å². The Hall–Kier alpha value is -1.13. The third-order valence-corrected chi connectivity index (χ3v) is 3.61. The first-order chi connectivity index (χ1) is 8.24. The van der Waals surface area contributed by atoms with Crippen LogP contribution in [-0.4, -0.2) is 23.4 Å². The Morgan fingerprint density at radius 2 is 2.12 bits per heavy atom. The Morgan fingerprint density at radius 1 is 1.35 bits per heavy atom. The molecule has 4 heteroatoms. The molecule has 0 aliphatic carbocycles. The van der Waals surface area contributed by atoms with Crippen molar-refractivity contribution >= 4 is 15.9 Å². The normalized spacial score (nSPS) is 10.8. The van der Waals surface area contributed by atoms with Gasteiger partial charge in [-0.05, 0) is 54.5 Å². The first-order valence-electron chi connectivity index (χ1n) is 5.67. The average molecular weight is 294 g/mol. The van der Waals surface area contributed by atoms with Gasteiger partial charge < -0.3 is 5.32 Å². The van der Waals surface area contributed by atoms with Crippen molar-refractivity contribution in [3.8, 4) is 5.69 Å². The summed E-state index contributed by atoms with van der Waals surface area (Å²) in [6.45, 7) is 3.05. The van der Waals surface area contributed by atoms with Crippen molar-refractivity contribution in [2.24, 2.45) is 0 Å². The van der Waals surface area contributed by atoms with E-state index in [4.69, 9.17) is 0 Å². The third kappa shape index (κ3) is 2.58. The van der Waals surface area contributed by atoms with Crippen LogP contribution in [0.25, 0.3) is 5.69 Å². The lowest BCUT2D eigenvalue weighted by Crippen LogP contribution is -2.10. The molecule has 1 aromatic heterocycles. The fourth-order valence-corrected chi connectivity index (χ4v) is 2.35. The van der Waals surface area contributed by atoms with E-state index in [0.717, 1.165) is 23.3 Å². The zero-order chi connectivity index (χ0) is 12.3. The van der Waals surface area contributed by atoms with Gasteiger partial charge in [-0.3, -0.25) is 0 Å². The molecule has 1 N–H and O–H groups in total. The second-order valence-electron chi connectivity index (χ2n) is 4.01. The molecule has 1 heterocycles. The Labute approximate surface area is 110 Å². The number of para-hydroxylation sites is 1. The number of halogens is 1. The lowest BCUT2D eigenvalue weighted by Gasteiger charge is -2.07. The van der Waals surface area contributed by atoms with E-state index < -0.39 is 0 Å². The Bertz CT molecular complexity index is 505. The fourth-order valence-electron chi connectivity index (χ4n) is 1.76. The summed E-state index contributed by atoms with van der Waals surface area (Å²) in [5.41, 5.74) is 3.56. The summed E-state index contributed by atoms with van der Waals surface area (Å²) >= 11 is 3.63. The molecule has 0 amide bonds. The zero-order valence-electron chi connectivity index (χ0n) is 10.1. The van der Waals surface area contributed by atoms with E-state index in [-0.39, 0.29) is 0 Å². The molecule has 2 rings (SSSR count). The minimum Gasteiger partial charge on any atom is -0.319 e. The highest BCUT2D eigenvalue weighted by molar-refractivity contribution is 9.10. The molecule has 0 saturated heterocycles. The summed E-state index contributed by atoms with van der Waals surface area (Å²) in [6, 6.07) is 8.24. The Kier molecular flexibility index (Phi) is 3.97. The maximum absolute atomic E-state index is 4.44. The van der Waals surface area contributed by atoms with Crippen LogP contribution < -0.4 is 5.32 Å². The molecule has 0 saturated carbocycles. The number of nitrogens with one attached hydrogen (secondary N) is 1. The van der Waals surface area contributed by atoms with E-state index in [1.54, 1.807) is 0 Å². The highest BCUT2D eigenvalue weighted by Gasteiger charge is 2.10. The molecule has 0 radical (unpaired) electrons. The van der Waals surface area contributed by atoms with Gasteiger partial charge in [0, 0.05) is 5.56 Å². The predicted octanol–water partition coefficient (Wildman–Crippen LogP) is 2.71. The summed E-state index contributed by atoms with van der Waals surface area (Å²) in [4.78, 5) is 0. The SMILES string of the molecule is CNCCc1cnn(-c2ccccc2C)c1Br. The number of rotatable bonds is 4. The lowest BCUT2D eigenvalue weighted by molar-refractivity contribution is 0.787. The molecule has 0 unspecified atom stereocenters. The Morgan fingerprint density at radius 3 is 2.82 bits per heavy atom. The molecule has 0 atom stereocenters. The first kappa shape index (κ1) is 12.3. The third-order valence-electron chi connectivity index (χ3n) is 2.77. The number of aryl methyl sites for hydroxylation is 1. The van der Waals surface area contributed by atoms with Crippen LogP contribution in [0.2, 0.25) is 0 Å². The van der Waals surface area contributed by atoms with Gasteiger partial charge in [-0.2, -0.15) is 5.10 Å². The van der Waals surface area contributed by atoms with Gasteiger partial charge in [0.25, 0.3) is 0 Å². The summed E-state index contributed by atoms with van der Waals surface area (Å²) < 4.78 is 2.99. The quantitative estimate of drug-likeness (QED) is 0.939. The minimum atomic E-state index is 0.956. The van der Waals surface area contributed by atoms with E-state index in [9.17, 15) is 0 Å². The van der Waals surface area contributed by atoms with Gasteiger partial charge in [0.05, 0.1) is 11.9 Å². The molecule has 2 aromatic rings. The summed E-state index contributed by atoms with van der Waals surface area (Å²) in [6.07, 6.45) is 2.90. The zero-order valence-corrected chi connectivity index (χ0v) is 11.7. The van der Waals surface area contributed by atoms with Gasteiger partial charge in [-0.1, -0.05) is 18.2 Å². The number of hydrogen-bond acceptors (Lipinski definition) is 2. The van der Waals surface area contributed by atoms with Gasteiger partial charge in [0.2, 0.25) is 0 Å². The van der Waals surface area contributed by atoms with Gasteiger partial charge >= 0.3 is 0 Å². The molecule has 0 fully saturated rings. The first-order valence-corrected chi connectivity index (χ1v) is 6.46. The standard InChI is InChI=1S/C13H16BrN3/c1-10-5-3-4-6-12(10)17-13(14)11(9-16-17)7-8-15-2/h3-6,9,15H,7-8H2,1-2H3. The Balaban J connectivity index is 2.34. The molecule has 90 valence electrons. The van der Waals surface area contributed by atoms with Gasteiger partial charge in [-0.25, -0.2) is 4.68 Å². The summed E-state index contributed by atoms with van der Waals surface area (Å²) in [7, 11) is 1.96. The smallest absolute Gasteiger partial charge is 0.113 e. The predicted molar refractivity (Wildman–Crippen MR) is 73.6 cm³/mol. The van der Waals surface area contributed by atoms with Crippen LogP contribution in [0.1, 0.15) is 11.1 Å². The molecular weight excluding hydrogens is 278 g/mol. The molecule has 3 nitrogen and oxygen atoms in total. The maximum Gasteiger partial charge on any atom is 0.113 e. The number of benzene rings is 1. The van der Waals surface area contributed by atoms with Crippen LogP contribution in [0.5, 0.6) is 0 Å². The second kappa shape index (κ2) is 5.47. The molecule has 0 aliphatic heterocycles. The van der Waals surface area contributed by atoms with E-state index in [1.165, 1.54) is 11.1 Å². The molecule has 0 spiro atoms. The van der Waals surface area contributed by atoms with E-state index in [1.807, 2.05) is 30.1 Å². The fraction of sp³-hybridized carbons (Fsp3) is 0.308. The number of hydrogen-bond donors (Lipinski definition) is 1. The van der Waals surface area contributed by atoms with Crippen molar-refractivity contribution in [3.05, 3.63) is 46.2 Å². The van der Waals surface area contributed by atoms with Crippen LogP contribution in [0, 0.1) is 6.92 Å². The minimum absolute atomic E-state index is 0.956. The molecule has 0 aliphatic rings. The van der Waals surface area contributed by atoms with E-state index in [0.29, 0.717) is 0 Å². The highest BCUT2D eigenvalue weighted by Crippen LogP contribution is 2.22. The molecule has 17 heavy (non-hydrogen) atoms. The topological polar surface area (TPSA) is 29.9 Å². The number of aromatic nitrogens is 2. The van der Waals surface area contributed by atoms with Gasteiger partial charge in [0.15, 0.2) is 0 Å². The molecule has 0 bridgehead atoms. The summed E-state index contributed by atoms with van der Waals surface area (Å²) in [5.74, 6) is 0. The van der Waals surface area contributed by atoms with Crippen molar-refractivity contribution in [1.29, 1.82) is 0 Å². The van der Waals surface area contributed by atoms with Crippen molar-refractivity contribution in [2.45, 2.75) is 13.3 Å². The summed E-state index contributed by atoms with van der Waals surface area (Å²) in [5, 5.41) is 7.59. The lowest BCUT2D eigenvalue weighted by atomic mass is 10.2. The highest BCUT2D eigenvalue weighted by atomic mass is 79.9. The van der Waals surface area contributed by atoms with Gasteiger partial charge in [-0.15, -0.1) is 0 Å². The number of likely N-dealkylation sites (N-methyl/N-ethyl adjacent to an activating group) is 1. The van der Waals surface area contributed by atoms with E-state index in [2.05, 4.69) is 45.4 Å². The maximum atomic E-state index is 4.44. The average Bonchev–Trinajstić information content (AvgIpc) is 2.69. The van der Waals surface area contributed by atoms with Crippen LogP contribution in [0.4, 0.5) is 0 Å². The molecule has 1 aromatic carbocycles. The second-order valence-corrected chi connectivity index (χ2v) is 4.76.